The van der Waals surface area contributed by atoms with Gasteiger partial charge in [0.1, 0.15) is 0 Å². The van der Waals surface area contributed by atoms with Crippen LogP contribution in [0.25, 0.3) is 0 Å². The van der Waals surface area contributed by atoms with Crippen LogP contribution in [0.2, 0.25) is 0 Å². The number of likely N-dealkylation sites (N-methyl/N-ethyl adjacent to an activating group) is 2. The first-order chi connectivity index (χ1) is 6.29. The summed E-state index contributed by atoms with van der Waals surface area (Å²) in [4.78, 5) is 4.71. The Morgan fingerprint density at radius 3 is 0.857 bits per heavy atom. The Balaban J connectivity index is 4.74. The fourth-order valence-corrected chi connectivity index (χ4v) is 2.59. The molecule has 0 aromatic rings. The molecule has 86 valence electrons. The first kappa shape index (κ1) is 13.9. The van der Waals surface area contributed by atoms with Gasteiger partial charge in [0.25, 0.3) is 0 Å². The van der Waals surface area contributed by atoms with Crippen LogP contribution < -0.4 is 0 Å². The summed E-state index contributed by atoms with van der Waals surface area (Å²) in [6.07, 6.45) is 0. The zero-order valence-electron chi connectivity index (χ0n) is 11.2. The molecular formula is C12H28N2. The van der Waals surface area contributed by atoms with Crippen molar-refractivity contribution in [1.82, 2.24) is 9.80 Å². The quantitative estimate of drug-likeness (QED) is 0.671. The predicted molar refractivity (Wildman–Crippen MR) is 64.6 cm³/mol. The maximum Gasteiger partial charge on any atom is 0.0270 e. The van der Waals surface area contributed by atoms with Gasteiger partial charge < -0.3 is 9.80 Å². The van der Waals surface area contributed by atoms with Gasteiger partial charge in [0.2, 0.25) is 0 Å². The van der Waals surface area contributed by atoms with Gasteiger partial charge in [-0.1, -0.05) is 27.7 Å². The van der Waals surface area contributed by atoms with Crippen LogP contribution in [0.4, 0.5) is 0 Å². The third kappa shape index (κ3) is 3.58. The van der Waals surface area contributed by atoms with Crippen LogP contribution in [0.5, 0.6) is 0 Å². The molecule has 2 atom stereocenters. The number of nitrogens with zero attached hydrogens (tertiary/aromatic N) is 2. The Labute approximate surface area is 90.3 Å². The van der Waals surface area contributed by atoms with Crippen molar-refractivity contribution in [2.24, 2.45) is 11.8 Å². The molecule has 2 heteroatoms. The van der Waals surface area contributed by atoms with E-state index >= 15 is 0 Å². The molecule has 0 heterocycles. The van der Waals surface area contributed by atoms with Crippen molar-refractivity contribution in [3.8, 4) is 0 Å². The van der Waals surface area contributed by atoms with Crippen LogP contribution in [0, 0.1) is 11.8 Å². The van der Waals surface area contributed by atoms with Crippen molar-refractivity contribution in [2.75, 3.05) is 28.2 Å². The molecule has 0 aromatic carbocycles. The minimum atomic E-state index is 0.630. The van der Waals surface area contributed by atoms with E-state index in [4.69, 9.17) is 0 Å². The summed E-state index contributed by atoms with van der Waals surface area (Å²) in [5.74, 6) is 1.39. The second-order valence-corrected chi connectivity index (χ2v) is 5.40. The summed E-state index contributed by atoms with van der Waals surface area (Å²) in [6, 6.07) is 1.26. The van der Waals surface area contributed by atoms with Crippen molar-refractivity contribution in [3.63, 3.8) is 0 Å². The van der Waals surface area contributed by atoms with E-state index in [9.17, 15) is 0 Å². The first-order valence-electron chi connectivity index (χ1n) is 5.61. The van der Waals surface area contributed by atoms with Gasteiger partial charge in [-0.2, -0.15) is 0 Å². The highest BCUT2D eigenvalue weighted by Gasteiger charge is 2.30. The molecule has 2 nitrogen and oxygen atoms in total. The third-order valence-corrected chi connectivity index (χ3v) is 2.91. The van der Waals surface area contributed by atoms with Gasteiger partial charge in [0.15, 0.2) is 0 Å². The topological polar surface area (TPSA) is 6.48 Å². The van der Waals surface area contributed by atoms with Crippen LogP contribution in [-0.2, 0) is 0 Å². The zero-order chi connectivity index (χ0) is 11.5. The highest BCUT2D eigenvalue weighted by molar-refractivity contribution is 4.86. The molecule has 0 fully saturated rings. The van der Waals surface area contributed by atoms with Crippen LogP contribution >= 0.6 is 0 Å². The molecule has 0 radical (unpaired) electrons. The number of rotatable bonds is 5. The molecule has 0 aliphatic heterocycles. The van der Waals surface area contributed by atoms with E-state index in [-0.39, 0.29) is 0 Å². The Kier molecular flexibility index (Phi) is 5.68. The smallest absolute Gasteiger partial charge is 0.0270 e. The monoisotopic (exact) mass is 200 g/mol. The molecule has 0 amide bonds. The van der Waals surface area contributed by atoms with Crippen molar-refractivity contribution in [2.45, 2.75) is 39.8 Å². The van der Waals surface area contributed by atoms with Crippen molar-refractivity contribution < 1.29 is 0 Å². The minimum Gasteiger partial charge on any atom is -0.305 e. The highest BCUT2D eigenvalue weighted by atomic mass is 15.2. The average molecular weight is 200 g/mol. The SMILES string of the molecule is CC(C)[C@H]([C@@H](C(C)C)N(C)C)N(C)C. The van der Waals surface area contributed by atoms with E-state index in [2.05, 4.69) is 65.7 Å². The molecule has 0 aliphatic rings. The average Bonchev–Trinajstić information content (AvgIpc) is 1.96. The van der Waals surface area contributed by atoms with E-state index in [1.165, 1.54) is 0 Å². The molecule has 0 N–H and O–H groups in total. The summed E-state index contributed by atoms with van der Waals surface area (Å²) in [6.45, 7) is 9.24. The maximum absolute atomic E-state index is 2.36. The second kappa shape index (κ2) is 5.72. The predicted octanol–water partition coefficient (Wildman–Crippen LogP) is 2.16. The molecule has 0 aromatic heterocycles. The molecule has 0 saturated carbocycles. The van der Waals surface area contributed by atoms with E-state index in [0.29, 0.717) is 23.9 Å². The van der Waals surface area contributed by atoms with Gasteiger partial charge in [-0.05, 0) is 40.0 Å². The van der Waals surface area contributed by atoms with Gasteiger partial charge in [-0.15, -0.1) is 0 Å². The summed E-state index contributed by atoms with van der Waals surface area (Å²) < 4.78 is 0. The molecule has 0 rings (SSSR count). The van der Waals surface area contributed by atoms with Gasteiger partial charge in [0.05, 0.1) is 0 Å². The number of hydrogen-bond acceptors (Lipinski definition) is 2. The van der Waals surface area contributed by atoms with Gasteiger partial charge in [0, 0.05) is 12.1 Å². The molecule has 0 saturated heterocycles. The third-order valence-electron chi connectivity index (χ3n) is 2.91. The molecule has 14 heavy (non-hydrogen) atoms. The van der Waals surface area contributed by atoms with E-state index in [1.807, 2.05) is 0 Å². The van der Waals surface area contributed by atoms with Crippen LogP contribution in [0.3, 0.4) is 0 Å². The fourth-order valence-electron chi connectivity index (χ4n) is 2.59. The second-order valence-electron chi connectivity index (χ2n) is 5.40. The lowest BCUT2D eigenvalue weighted by Gasteiger charge is -2.41. The molecule has 0 bridgehead atoms. The maximum atomic E-state index is 2.36. The van der Waals surface area contributed by atoms with Crippen LogP contribution in [-0.4, -0.2) is 50.1 Å². The fraction of sp³-hybridized carbons (Fsp3) is 1.00. The lowest BCUT2D eigenvalue weighted by molar-refractivity contribution is 0.0838. The van der Waals surface area contributed by atoms with E-state index in [0.717, 1.165) is 0 Å². The van der Waals surface area contributed by atoms with Gasteiger partial charge in [-0.3, -0.25) is 0 Å². The molecule has 0 spiro atoms. The Morgan fingerprint density at radius 2 is 0.786 bits per heavy atom. The molecule has 0 aliphatic carbocycles. The van der Waals surface area contributed by atoms with Crippen LogP contribution in [0.15, 0.2) is 0 Å². The minimum absolute atomic E-state index is 0.630. The summed E-state index contributed by atoms with van der Waals surface area (Å²) in [5, 5.41) is 0. The Hall–Kier alpha value is -0.0800. The molecular weight excluding hydrogens is 172 g/mol. The largest absolute Gasteiger partial charge is 0.305 e. The summed E-state index contributed by atoms with van der Waals surface area (Å²) in [7, 11) is 8.74. The highest BCUT2D eigenvalue weighted by Crippen LogP contribution is 2.21. The van der Waals surface area contributed by atoms with Crippen molar-refractivity contribution in [1.29, 1.82) is 0 Å². The summed E-state index contributed by atoms with van der Waals surface area (Å²) >= 11 is 0. The van der Waals surface area contributed by atoms with Gasteiger partial charge >= 0.3 is 0 Å². The van der Waals surface area contributed by atoms with E-state index < -0.39 is 0 Å². The Morgan fingerprint density at radius 1 is 0.571 bits per heavy atom. The summed E-state index contributed by atoms with van der Waals surface area (Å²) in [5.41, 5.74) is 0. The zero-order valence-corrected chi connectivity index (χ0v) is 11.2. The van der Waals surface area contributed by atoms with Crippen LogP contribution in [0.1, 0.15) is 27.7 Å². The first-order valence-corrected chi connectivity index (χ1v) is 5.61. The normalized spacial score (nSPS) is 17.1. The Bertz CT molecular complexity index is 116. The molecule has 0 unspecified atom stereocenters. The number of hydrogen-bond donors (Lipinski definition) is 0. The lowest BCUT2D eigenvalue weighted by Crippen LogP contribution is -2.52. The van der Waals surface area contributed by atoms with E-state index in [1.54, 1.807) is 0 Å². The van der Waals surface area contributed by atoms with Gasteiger partial charge in [-0.25, -0.2) is 0 Å². The lowest BCUT2D eigenvalue weighted by atomic mass is 9.87. The standard InChI is InChI=1S/C12H28N2/c1-9(2)11(13(5)6)12(10(3)4)14(7)8/h9-12H,1-8H3/t11-,12-/m1/s1. The van der Waals surface area contributed by atoms with Crippen molar-refractivity contribution >= 4 is 0 Å². The van der Waals surface area contributed by atoms with Crippen molar-refractivity contribution in [3.05, 3.63) is 0 Å².